The van der Waals surface area contributed by atoms with E-state index in [1.54, 1.807) is 24.3 Å². The van der Waals surface area contributed by atoms with Crippen LogP contribution in [0.5, 0.6) is 0 Å². The number of halogens is 1. The second-order valence-electron chi connectivity index (χ2n) is 7.58. The summed E-state index contributed by atoms with van der Waals surface area (Å²) in [5.74, 6) is -0.271. The zero-order valence-corrected chi connectivity index (χ0v) is 16.8. The summed E-state index contributed by atoms with van der Waals surface area (Å²) in [5, 5.41) is 7.19. The Morgan fingerprint density at radius 3 is 2.35 bits per heavy atom. The second kappa shape index (κ2) is 7.41. The number of hydrogen-bond donors (Lipinski definition) is 2. The van der Waals surface area contributed by atoms with E-state index in [1.165, 1.54) is 16.2 Å². The van der Waals surface area contributed by atoms with Gasteiger partial charge in [-0.1, -0.05) is 32.4 Å². The van der Waals surface area contributed by atoms with Gasteiger partial charge in [0.05, 0.1) is 5.56 Å². The number of benzene rings is 1. The van der Waals surface area contributed by atoms with E-state index in [2.05, 4.69) is 10.6 Å². The molecule has 0 saturated carbocycles. The summed E-state index contributed by atoms with van der Waals surface area (Å²) in [4.78, 5) is 26.7. The van der Waals surface area contributed by atoms with Gasteiger partial charge in [0, 0.05) is 21.0 Å². The highest BCUT2D eigenvalue weighted by Gasteiger charge is 2.29. The van der Waals surface area contributed by atoms with Crippen molar-refractivity contribution < 1.29 is 9.59 Å². The molecule has 6 heteroatoms. The van der Waals surface area contributed by atoms with Gasteiger partial charge in [-0.25, -0.2) is 0 Å². The van der Waals surface area contributed by atoms with Gasteiger partial charge < -0.3 is 10.6 Å². The minimum absolute atomic E-state index is 0.0864. The van der Waals surface area contributed by atoms with Gasteiger partial charge in [0.1, 0.15) is 5.00 Å². The van der Waals surface area contributed by atoms with E-state index in [-0.39, 0.29) is 11.8 Å². The van der Waals surface area contributed by atoms with Crippen LogP contribution < -0.4 is 10.6 Å². The van der Waals surface area contributed by atoms with Crippen molar-refractivity contribution in [1.82, 2.24) is 0 Å². The van der Waals surface area contributed by atoms with E-state index in [0.29, 0.717) is 21.3 Å². The zero-order valence-electron chi connectivity index (χ0n) is 15.2. The van der Waals surface area contributed by atoms with Gasteiger partial charge in [-0.15, -0.1) is 11.3 Å². The molecule has 0 radical (unpaired) electrons. The highest BCUT2D eigenvalue weighted by Crippen LogP contribution is 2.39. The standard InChI is InChI=1S/C20H23ClN2O2S/c1-20(2,3)19(25)23-18-16(14-6-4-5-7-15(14)26-18)17(24)22-13-10-8-12(21)9-11-13/h8-11H,4-7H2,1-3H3,(H,22,24)(H,23,25). The van der Waals surface area contributed by atoms with E-state index in [4.69, 9.17) is 11.6 Å². The number of nitrogens with one attached hydrogen (secondary N) is 2. The van der Waals surface area contributed by atoms with Gasteiger partial charge >= 0.3 is 0 Å². The van der Waals surface area contributed by atoms with Crippen molar-refractivity contribution in [3.05, 3.63) is 45.3 Å². The van der Waals surface area contributed by atoms with E-state index >= 15 is 0 Å². The Labute approximate surface area is 162 Å². The Kier molecular flexibility index (Phi) is 5.39. The Morgan fingerprint density at radius 2 is 1.69 bits per heavy atom. The number of amides is 2. The lowest BCUT2D eigenvalue weighted by atomic mass is 9.94. The molecule has 1 aromatic heterocycles. The lowest BCUT2D eigenvalue weighted by Gasteiger charge is -2.18. The highest BCUT2D eigenvalue weighted by molar-refractivity contribution is 7.17. The number of thiophene rings is 1. The predicted molar refractivity (Wildman–Crippen MR) is 108 cm³/mol. The number of rotatable bonds is 3. The van der Waals surface area contributed by atoms with Crippen LogP contribution in [0, 0.1) is 5.41 Å². The minimum Gasteiger partial charge on any atom is -0.322 e. The molecule has 2 amide bonds. The van der Waals surface area contributed by atoms with Crippen LogP contribution in [-0.4, -0.2) is 11.8 Å². The molecule has 1 heterocycles. The molecular weight excluding hydrogens is 368 g/mol. The minimum atomic E-state index is -0.519. The average molecular weight is 391 g/mol. The first kappa shape index (κ1) is 18.9. The normalized spacial score (nSPS) is 13.8. The van der Waals surface area contributed by atoms with Gasteiger partial charge in [0.25, 0.3) is 5.91 Å². The number of carbonyl (C=O) groups excluding carboxylic acids is 2. The van der Waals surface area contributed by atoms with Gasteiger partial charge in [0.15, 0.2) is 0 Å². The first-order valence-corrected chi connectivity index (χ1v) is 9.98. The van der Waals surface area contributed by atoms with E-state index in [1.807, 2.05) is 20.8 Å². The predicted octanol–water partition coefficient (Wildman–Crippen LogP) is 5.52. The summed E-state index contributed by atoms with van der Waals surface area (Å²) in [7, 11) is 0. The quantitative estimate of drug-likeness (QED) is 0.725. The van der Waals surface area contributed by atoms with Crippen LogP contribution in [0.4, 0.5) is 10.7 Å². The molecule has 1 aliphatic carbocycles. The third-order valence-electron chi connectivity index (χ3n) is 4.41. The Hall–Kier alpha value is -1.85. The molecule has 0 bridgehead atoms. The van der Waals surface area contributed by atoms with E-state index in [9.17, 15) is 9.59 Å². The fourth-order valence-corrected chi connectivity index (χ4v) is 4.32. The molecule has 138 valence electrons. The lowest BCUT2D eigenvalue weighted by Crippen LogP contribution is -2.28. The Balaban J connectivity index is 1.93. The smallest absolute Gasteiger partial charge is 0.258 e. The van der Waals surface area contributed by atoms with Crippen LogP contribution in [-0.2, 0) is 17.6 Å². The maximum Gasteiger partial charge on any atom is 0.258 e. The summed E-state index contributed by atoms with van der Waals surface area (Å²) >= 11 is 7.44. The molecule has 1 aliphatic rings. The molecule has 4 nitrogen and oxygen atoms in total. The molecule has 3 rings (SSSR count). The number of aryl methyl sites for hydroxylation is 1. The average Bonchev–Trinajstić information content (AvgIpc) is 2.94. The molecule has 0 spiro atoms. The SMILES string of the molecule is CC(C)(C)C(=O)Nc1sc2c(c1C(=O)Nc1ccc(Cl)cc1)CCCC2. The summed E-state index contributed by atoms with van der Waals surface area (Å²) in [6, 6.07) is 7.02. The maximum atomic E-state index is 13.0. The van der Waals surface area contributed by atoms with Gasteiger partial charge in [-0.3, -0.25) is 9.59 Å². The largest absolute Gasteiger partial charge is 0.322 e. The maximum absolute atomic E-state index is 13.0. The summed E-state index contributed by atoms with van der Waals surface area (Å²) in [5.41, 5.74) is 1.85. The molecular formula is C20H23ClN2O2S. The van der Waals surface area contributed by atoms with Crippen LogP contribution in [0.2, 0.25) is 5.02 Å². The van der Waals surface area contributed by atoms with Gasteiger partial charge in [-0.2, -0.15) is 0 Å². The molecule has 0 fully saturated rings. The van der Waals surface area contributed by atoms with Crippen molar-refractivity contribution in [3.63, 3.8) is 0 Å². The molecule has 0 atom stereocenters. The summed E-state index contributed by atoms with van der Waals surface area (Å²) < 4.78 is 0. The lowest BCUT2D eigenvalue weighted by molar-refractivity contribution is -0.123. The van der Waals surface area contributed by atoms with Crippen LogP contribution in [0.1, 0.15) is 54.4 Å². The number of fused-ring (bicyclic) bond motifs is 1. The third kappa shape index (κ3) is 4.10. The number of anilines is 2. The molecule has 0 aliphatic heterocycles. The van der Waals surface area contributed by atoms with Crippen LogP contribution in [0.3, 0.4) is 0 Å². The summed E-state index contributed by atoms with van der Waals surface area (Å²) in [6.45, 7) is 5.59. The Bertz CT molecular complexity index is 835. The van der Waals surface area contributed by atoms with Crippen LogP contribution in [0.25, 0.3) is 0 Å². The van der Waals surface area contributed by atoms with Crippen molar-refractivity contribution in [2.24, 2.45) is 5.41 Å². The molecule has 2 aromatic rings. The molecule has 0 saturated heterocycles. The monoisotopic (exact) mass is 390 g/mol. The molecule has 0 unspecified atom stereocenters. The van der Waals surface area contributed by atoms with Crippen molar-refractivity contribution in [2.45, 2.75) is 46.5 Å². The molecule has 26 heavy (non-hydrogen) atoms. The van der Waals surface area contributed by atoms with Crippen molar-refractivity contribution >= 4 is 45.4 Å². The van der Waals surface area contributed by atoms with E-state index < -0.39 is 5.41 Å². The van der Waals surface area contributed by atoms with Crippen LogP contribution >= 0.6 is 22.9 Å². The van der Waals surface area contributed by atoms with Crippen molar-refractivity contribution in [1.29, 1.82) is 0 Å². The summed E-state index contributed by atoms with van der Waals surface area (Å²) in [6.07, 6.45) is 4.03. The van der Waals surface area contributed by atoms with Gasteiger partial charge in [0.2, 0.25) is 5.91 Å². The third-order valence-corrected chi connectivity index (χ3v) is 5.87. The number of hydrogen-bond acceptors (Lipinski definition) is 3. The fourth-order valence-electron chi connectivity index (χ4n) is 2.91. The topological polar surface area (TPSA) is 58.2 Å². The fraction of sp³-hybridized carbons (Fsp3) is 0.400. The first-order chi connectivity index (χ1) is 12.3. The molecule has 1 aromatic carbocycles. The van der Waals surface area contributed by atoms with E-state index in [0.717, 1.165) is 31.2 Å². The van der Waals surface area contributed by atoms with Crippen molar-refractivity contribution in [3.8, 4) is 0 Å². The highest BCUT2D eigenvalue weighted by atomic mass is 35.5. The van der Waals surface area contributed by atoms with Gasteiger partial charge in [-0.05, 0) is 55.5 Å². The Morgan fingerprint density at radius 1 is 1.04 bits per heavy atom. The van der Waals surface area contributed by atoms with Crippen molar-refractivity contribution in [2.75, 3.05) is 10.6 Å². The number of carbonyl (C=O) groups is 2. The second-order valence-corrected chi connectivity index (χ2v) is 9.12. The first-order valence-electron chi connectivity index (χ1n) is 8.78. The van der Waals surface area contributed by atoms with Crippen LogP contribution in [0.15, 0.2) is 24.3 Å². The zero-order chi connectivity index (χ0) is 18.9. The molecule has 2 N–H and O–H groups in total.